The van der Waals surface area contributed by atoms with E-state index in [-0.39, 0.29) is 24.8 Å². The molecule has 2 aliphatic carbocycles. The van der Waals surface area contributed by atoms with E-state index in [4.69, 9.17) is 0 Å². The topological polar surface area (TPSA) is 0 Å². The maximum absolute atomic E-state index is 3.30. The first-order valence-electron chi connectivity index (χ1n) is 11.3. The van der Waals surface area contributed by atoms with Crippen LogP contribution in [0.5, 0.6) is 0 Å². The van der Waals surface area contributed by atoms with Crippen LogP contribution in [-0.4, -0.2) is 3.21 Å². The molecule has 0 radical (unpaired) electrons. The number of allylic oxidation sites excluding steroid dienone is 4. The molecule has 1 atom stereocenters. The molecular formula is C31H34Cl2Zr. The summed E-state index contributed by atoms with van der Waals surface area (Å²) in [4.78, 5) is 0. The molecule has 176 valence electrons. The van der Waals surface area contributed by atoms with E-state index >= 15 is 0 Å². The third-order valence-electron chi connectivity index (χ3n) is 5.62. The molecule has 0 saturated heterocycles. The van der Waals surface area contributed by atoms with Gasteiger partial charge >= 0.3 is 70.3 Å². The quantitative estimate of drug-likeness (QED) is 0.202. The van der Waals surface area contributed by atoms with Gasteiger partial charge in [0.1, 0.15) is 0 Å². The summed E-state index contributed by atoms with van der Waals surface area (Å²) < 4.78 is 1.46. The molecule has 0 heterocycles. The van der Waals surface area contributed by atoms with Crippen molar-refractivity contribution in [3.05, 3.63) is 119 Å². The Morgan fingerprint density at radius 1 is 0.882 bits per heavy atom. The van der Waals surface area contributed by atoms with E-state index in [1.54, 1.807) is 0 Å². The standard InChI is InChI=1S/C13H9.C10H15.C8H8.2ClH.Zr/c1-3-7-12-10(5-1)9-11-6-2-4-8-13(11)12;1-8-5-6-9(7-8)10(2,3)4;1-2-8-6-4-3-5-7-8;;;/h1-5,7-8H,9H2;6-8H,1-4H3;3-7H,1H3;2*1H;/q2*-1;;;;+2. The van der Waals surface area contributed by atoms with Crippen LogP contribution in [0.3, 0.4) is 0 Å². The summed E-state index contributed by atoms with van der Waals surface area (Å²) in [7, 11) is 0. The van der Waals surface area contributed by atoms with Crippen molar-refractivity contribution < 1.29 is 24.2 Å². The first kappa shape index (κ1) is 30.5. The van der Waals surface area contributed by atoms with Gasteiger partial charge in [0.05, 0.1) is 0 Å². The van der Waals surface area contributed by atoms with Crippen molar-refractivity contribution in [1.29, 1.82) is 0 Å². The molecule has 0 saturated carbocycles. The van der Waals surface area contributed by atoms with Crippen LogP contribution in [0.25, 0.3) is 11.1 Å². The fourth-order valence-electron chi connectivity index (χ4n) is 3.74. The van der Waals surface area contributed by atoms with E-state index in [0.29, 0.717) is 11.3 Å². The van der Waals surface area contributed by atoms with Crippen molar-refractivity contribution >= 4 is 28.0 Å². The van der Waals surface area contributed by atoms with Crippen molar-refractivity contribution in [2.24, 2.45) is 11.3 Å². The van der Waals surface area contributed by atoms with Gasteiger partial charge < -0.3 is 0 Å². The first-order valence-corrected chi connectivity index (χ1v) is 12.5. The smallest absolute Gasteiger partial charge is 0.0253 e. The molecule has 0 nitrogen and oxygen atoms in total. The summed E-state index contributed by atoms with van der Waals surface area (Å²) >= 11 is 1.51. The molecule has 0 amide bonds. The average Bonchev–Trinajstić information content (AvgIpc) is 3.39. The normalized spacial score (nSPS) is 14.6. The Labute approximate surface area is 233 Å². The Balaban J connectivity index is 0.000000253. The SMILES string of the molecule is CC1[C-]=CC(C(C)(C)C)=C1.C[C](=[Zr+2])c1ccccc1.Cl.Cl.[c-]1cccc2c1Cc1ccccc1-2. The maximum atomic E-state index is 3.30. The summed E-state index contributed by atoms with van der Waals surface area (Å²) in [5.74, 6) is 0.522. The predicted molar refractivity (Wildman–Crippen MR) is 149 cm³/mol. The minimum Gasteiger partial charge on any atom is -0.179 e. The second-order valence-corrected chi connectivity index (χ2v) is 11.2. The molecule has 0 aliphatic heterocycles. The van der Waals surface area contributed by atoms with E-state index in [0.717, 1.165) is 6.42 Å². The van der Waals surface area contributed by atoms with Crippen molar-refractivity contribution in [3.63, 3.8) is 0 Å². The Morgan fingerprint density at radius 3 is 2.03 bits per heavy atom. The van der Waals surface area contributed by atoms with Crippen LogP contribution in [-0.2, 0) is 30.7 Å². The summed E-state index contributed by atoms with van der Waals surface area (Å²) in [5.41, 5.74) is 8.60. The van der Waals surface area contributed by atoms with Gasteiger partial charge in [-0.05, 0) is 6.42 Å². The van der Waals surface area contributed by atoms with Crippen molar-refractivity contribution in [2.45, 2.75) is 41.0 Å². The Hall–Kier alpha value is -1.53. The van der Waals surface area contributed by atoms with Gasteiger partial charge in [-0.2, -0.15) is 41.5 Å². The summed E-state index contributed by atoms with van der Waals surface area (Å²) in [6.07, 6.45) is 8.70. The van der Waals surface area contributed by atoms with Crippen molar-refractivity contribution in [2.75, 3.05) is 0 Å². The van der Waals surface area contributed by atoms with Gasteiger partial charge in [-0.15, -0.1) is 30.4 Å². The van der Waals surface area contributed by atoms with Crippen LogP contribution >= 0.6 is 24.8 Å². The fourth-order valence-corrected chi connectivity index (χ4v) is 4.15. The molecule has 1 unspecified atom stereocenters. The van der Waals surface area contributed by atoms with Crippen LogP contribution in [0.15, 0.2) is 90.5 Å². The molecule has 0 N–H and O–H groups in total. The summed E-state index contributed by atoms with van der Waals surface area (Å²) in [6.45, 7) is 11.0. The Morgan fingerprint density at radius 2 is 1.50 bits per heavy atom. The fraction of sp³-hybridized carbons (Fsp3) is 0.258. The number of halogens is 2. The van der Waals surface area contributed by atoms with Gasteiger partial charge in [0.2, 0.25) is 0 Å². The van der Waals surface area contributed by atoms with Gasteiger partial charge in [-0.3, -0.25) is 6.08 Å². The number of rotatable bonds is 1. The monoisotopic (exact) mass is 566 g/mol. The zero-order valence-electron chi connectivity index (χ0n) is 20.7. The van der Waals surface area contributed by atoms with E-state index in [2.05, 4.69) is 120 Å². The number of hydrogen-bond donors (Lipinski definition) is 0. The molecule has 0 spiro atoms. The summed E-state index contributed by atoms with van der Waals surface area (Å²) in [5, 5.41) is 0. The molecule has 34 heavy (non-hydrogen) atoms. The molecule has 0 aromatic heterocycles. The largest absolute Gasteiger partial charge is 0.179 e. The van der Waals surface area contributed by atoms with E-state index in [9.17, 15) is 0 Å². The molecule has 0 fully saturated rings. The predicted octanol–water partition coefficient (Wildman–Crippen LogP) is 8.64. The van der Waals surface area contributed by atoms with E-state index in [1.165, 1.54) is 60.8 Å². The van der Waals surface area contributed by atoms with Crippen LogP contribution in [0, 0.1) is 23.5 Å². The molecule has 2 aliphatic rings. The second-order valence-electron chi connectivity index (χ2n) is 9.36. The van der Waals surface area contributed by atoms with E-state index < -0.39 is 0 Å². The number of benzene rings is 3. The molecule has 3 heteroatoms. The molecule has 3 aromatic carbocycles. The van der Waals surface area contributed by atoms with Gasteiger partial charge in [-0.25, -0.2) is 6.08 Å². The van der Waals surface area contributed by atoms with Crippen LogP contribution < -0.4 is 0 Å². The first-order chi connectivity index (χ1) is 15.3. The van der Waals surface area contributed by atoms with Gasteiger partial charge in [-0.1, -0.05) is 74.4 Å². The minimum absolute atomic E-state index is 0. The number of hydrogen-bond acceptors (Lipinski definition) is 0. The van der Waals surface area contributed by atoms with Gasteiger partial charge in [0.25, 0.3) is 0 Å². The summed E-state index contributed by atoms with van der Waals surface area (Å²) in [6, 6.07) is 28.6. The zero-order valence-corrected chi connectivity index (χ0v) is 24.8. The van der Waals surface area contributed by atoms with Gasteiger partial charge in [0, 0.05) is 0 Å². The maximum Gasteiger partial charge on any atom is -0.0253 e. The second kappa shape index (κ2) is 14.1. The molecule has 3 aromatic rings. The third kappa shape index (κ3) is 8.60. The number of fused-ring (bicyclic) bond motifs is 3. The van der Waals surface area contributed by atoms with Crippen LogP contribution in [0.4, 0.5) is 0 Å². The van der Waals surface area contributed by atoms with E-state index in [1.807, 2.05) is 12.1 Å². The molecular weight excluding hydrogens is 534 g/mol. The van der Waals surface area contributed by atoms with Crippen LogP contribution in [0.1, 0.15) is 51.3 Å². The molecule has 5 rings (SSSR count). The average molecular weight is 569 g/mol. The Bertz CT molecular complexity index is 1080. The Kier molecular flexibility index (Phi) is 12.7. The zero-order chi connectivity index (χ0) is 23.1. The van der Waals surface area contributed by atoms with Crippen LogP contribution in [0.2, 0.25) is 0 Å². The van der Waals surface area contributed by atoms with Gasteiger partial charge in [0.15, 0.2) is 0 Å². The van der Waals surface area contributed by atoms with Crippen molar-refractivity contribution in [1.82, 2.24) is 0 Å². The molecule has 0 bridgehead atoms. The third-order valence-corrected chi connectivity index (χ3v) is 6.33. The minimum atomic E-state index is 0. The van der Waals surface area contributed by atoms with Crippen molar-refractivity contribution in [3.8, 4) is 11.1 Å².